The molecular weight excluding hydrogens is 534 g/mol. The van der Waals surface area contributed by atoms with Gasteiger partial charge in [0.1, 0.15) is 5.54 Å². The Morgan fingerprint density at radius 1 is 1.15 bits per heavy atom. The maximum Gasteiger partial charge on any atom is 0.387 e. The number of hydrogen-bond acceptors (Lipinski definition) is 7. The number of hydrogen-bond donors (Lipinski definition) is 1. The number of nitrogens with one attached hydrogen (secondary N) is 1. The number of methoxy groups -OCH3 is 1. The fraction of sp³-hybridized carbons (Fsp3) is 0.593. The number of alkyl halides is 2. The van der Waals surface area contributed by atoms with E-state index in [0.717, 1.165) is 5.69 Å². The fourth-order valence-corrected chi connectivity index (χ4v) is 5.75. The number of ether oxygens (including phenoxy) is 3. The van der Waals surface area contributed by atoms with Gasteiger partial charge in [0.2, 0.25) is 0 Å². The first-order valence-corrected chi connectivity index (χ1v) is 13.5. The molecule has 12 heteroatoms. The molecule has 214 valence electrons. The van der Waals surface area contributed by atoms with Crippen LogP contribution < -0.4 is 10.1 Å². The van der Waals surface area contributed by atoms with Crippen LogP contribution in [-0.4, -0.2) is 73.1 Å². The number of amides is 1. The summed E-state index contributed by atoms with van der Waals surface area (Å²) in [5.74, 6) is -0.761. The van der Waals surface area contributed by atoms with Crippen molar-refractivity contribution in [2.45, 2.75) is 57.6 Å². The van der Waals surface area contributed by atoms with Crippen LogP contribution in [0.1, 0.15) is 51.1 Å². The lowest BCUT2D eigenvalue weighted by atomic mass is 9.78. The van der Waals surface area contributed by atoms with Crippen molar-refractivity contribution in [1.82, 2.24) is 14.7 Å². The summed E-state index contributed by atoms with van der Waals surface area (Å²) in [6, 6.07) is 6.07. The van der Waals surface area contributed by atoms with E-state index in [4.69, 9.17) is 21.1 Å². The molecule has 4 rings (SSSR count). The topological polar surface area (TPSA) is 94.9 Å². The van der Waals surface area contributed by atoms with Crippen molar-refractivity contribution in [3.05, 3.63) is 41.2 Å². The van der Waals surface area contributed by atoms with E-state index >= 15 is 0 Å². The number of benzene rings is 1. The highest BCUT2D eigenvalue weighted by Crippen LogP contribution is 2.39. The number of carbonyl (C=O) groups excluding carboxylic acids is 2. The molecule has 0 bridgehead atoms. The van der Waals surface area contributed by atoms with Crippen LogP contribution in [0, 0.1) is 5.41 Å². The van der Waals surface area contributed by atoms with Crippen molar-refractivity contribution in [1.29, 1.82) is 0 Å². The highest BCUT2D eigenvalue weighted by atomic mass is 35.5. The van der Waals surface area contributed by atoms with E-state index in [1.54, 1.807) is 10.9 Å². The maximum absolute atomic E-state index is 14.0. The van der Waals surface area contributed by atoms with E-state index in [2.05, 4.69) is 20.1 Å². The lowest BCUT2D eigenvalue weighted by Crippen LogP contribution is -2.56. The van der Waals surface area contributed by atoms with Gasteiger partial charge in [-0.1, -0.05) is 25.4 Å². The van der Waals surface area contributed by atoms with Crippen LogP contribution in [0.3, 0.4) is 0 Å². The van der Waals surface area contributed by atoms with E-state index in [-0.39, 0.29) is 34.3 Å². The van der Waals surface area contributed by atoms with Crippen LogP contribution in [0.5, 0.6) is 5.75 Å². The molecule has 0 spiro atoms. The number of aromatic nitrogens is 2. The van der Waals surface area contributed by atoms with Gasteiger partial charge in [-0.2, -0.15) is 13.9 Å². The van der Waals surface area contributed by atoms with Crippen LogP contribution in [0.4, 0.5) is 14.5 Å². The monoisotopic (exact) mass is 568 g/mol. The average Bonchev–Trinajstić information content (AvgIpc) is 3.41. The van der Waals surface area contributed by atoms with Crippen LogP contribution in [0.15, 0.2) is 30.5 Å². The van der Waals surface area contributed by atoms with E-state index in [1.807, 2.05) is 19.9 Å². The third-order valence-corrected chi connectivity index (χ3v) is 8.01. The van der Waals surface area contributed by atoms with Crippen LogP contribution in [-0.2, 0) is 24.6 Å². The summed E-state index contributed by atoms with van der Waals surface area (Å²) in [5, 5.41) is 7.57. The first kappa shape index (κ1) is 29.2. The number of rotatable bonds is 9. The number of piperidine rings is 1. The van der Waals surface area contributed by atoms with Crippen molar-refractivity contribution < 1.29 is 32.6 Å². The summed E-state index contributed by atoms with van der Waals surface area (Å²) in [7, 11) is 1.40. The molecule has 2 saturated heterocycles. The Morgan fingerprint density at radius 2 is 1.85 bits per heavy atom. The average molecular weight is 569 g/mol. The van der Waals surface area contributed by atoms with Gasteiger partial charge < -0.3 is 24.4 Å². The number of anilines is 1. The second-order valence-electron chi connectivity index (χ2n) is 10.5. The van der Waals surface area contributed by atoms with Crippen LogP contribution in [0.2, 0.25) is 5.02 Å². The van der Waals surface area contributed by atoms with Crippen molar-refractivity contribution >= 4 is 29.2 Å². The summed E-state index contributed by atoms with van der Waals surface area (Å²) in [5.41, 5.74) is -0.768. The van der Waals surface area contributed by atoms with Gasteiger partial charge in [0.15, 0.2) is 5.75 Å². The Bertz CT molecular complexity index is 1160. The molecule has 39 heavy (non-hydrogen) atoms. The number of halogens is 3. The largest absolute Gasteiger partial charge is 0.469 e. The van der Waals surface area contributed by atoms with E-state index in [0.29, 0.717) is 58.5 Å². The van der Waals surface area contributed by atoms with E-state index in [1.165, 1.54) is 25.3 Å². The summed E-state index contributed by atoms with van der Waals surface area (Å²) in [6.07, 6.45) is 3.60. The number of esters is 1. The predicted molar refractivity (Wildman–Crippen MR) is 141 cm³/mol. The number of nitrogens with zero attached hydrogens (tertiary/aromatic N) is 3. The fourth-order valence-electron chi connectivity index (χ4n) is 5.59. The second-order valence-corrected chi connectivity index (χ2v) is 10.9. The molecule has 0 unspecified atom stereocenters. The van der Waals surface area contributed by atoms with Crippen molar-refractivity contribution in [2.24, 2.45) is 5.41 Å². The Morgan fingerprint density at radius 3 is 2.46 bits per heavy atom. The molecule has 1 amide bonds. The van der Waals surface area contributed by atoms with Crippen LogP contribution in [0.25, 0.3) is 0 Å². The van der Waals surface area contributed by atoms with E-state index < -0.39 is 17.6 Å². The second kappa shape index (κ2) is 12.2. The van der Waals surface area contributed by atoms with Gasteiger partial charge in [-0.3, -0.25) is 14.3 Å². The molecule has 2 aliphatic rings. The molecule has 2 aliphatic heterocycles. The zero-order valence-corrected chi connectivity index (χ0v) is 23.2. The van der Waals surface area contributed by atoms with Gasteiger partial charge in [-0.25, -0.2) is 0 Å². The SMILES string of the molecule is COC(=O)C1(CN2CCC(C(=O)Nc3ccc(Cl)cc3OC(F)F)(n3nccc3C(C)C)CC2)CCOCC1. The molecule has 1 N–H and O–H groups in total. The highest BCUT2D eigenvalue weighted by Gasteiger charge is 2.48. The van der Waals surface area contributed by atoms with E-state index in [9.17, 15) is 18.4 Å². The van der Waals surface area contributed by atoms with Gasteiger partial charge in [0.05, 0.1) is 18.2 Å². The number of likely N-dealkylation sites (tertiary alicyclic amines) is 1. The normalized spacial score (nSPS) is 19.2. The summed E-state index contributed by atoms with van der Waals surface area (Å²) in [4.78, 5) is 29.0. The molecule has 2 aromatic rings. The van der Waals surface area contributed by atoms with Crippen molar-refractivity contribution in [2.75, 3.05) is 45.3 Å². The molecule has 3 heterocycles. The molecule has 0 radical (unpaired) electrons. The molecule has 0 aliphatic carbocycles. The molecule has 1 aromatic heterocycles. The molecule has 9 nitrogen and oxygen atoms in total. The molecule has 2 fully saturated rings. The number of carbonyl (C=O) groups is 2. The third-order valence-electron chi connectivity index (χ3n) is 7.78. The minimum absolute atomic E-state index is 0.0910. The Kier molecular flexibility index (Phi) is 9.13. The van der Waals surface area contributed by atoms with Crippen LogP contribution >= 0.6 is 11.6 Å². The predicted octanol–water partition coefficient (Wildman–Crippen LogP) is 4.66. The van der Waals surface area contributed by atoms with Crippen molar-refractivity contribution in [3.8, 4) is 5.75 Å². The lowest BCUT2D eigenvalue weighted by molar-refractivity contribution is -0.161. The molecule has 0 saturated carbocycles. The minimum atomic E-state index is -3.08. The first-order valence-electron chi connectivity index (χ1n) is 13.1. The summed E-state index contributed by atoms with van der Waals surface area (Å²) >= 11 is 5.99. The molecule has 1 aromatic carbocycles. The Balaban J connectivity index is 1.62. The standard InChI is InChI=1S/C27H35ClF2N4O5/c1-18(2)21-6-11-31-34(21)27(23(35)32-20-5-4-19(28)16-22(20)39-25(29)30)7-12-33(13-8-27)17-26(24(36)37-3)9-14-38-15-10-26/h4-6,11,16,18,25H,7-10,12-15,17H2,1-3H3,(H,32,35). The Hall–Kier alpha value is -2.76. The molecular formula is C27H35ClF2N4O5. The van der Waals surface area contributed by atoms with Gasteiger partial charge >= 0.3 is 12.6 Å². The zero-order valence-electron chi connectivity index (χ0n) is 22.4. The maximum atomic E-state index is 14.0. The van der Waals surface area contributed by atoms with Gasteiger partial charge in [0, 0.05) is 55.8 Å². The zero-order chi connectivity index (χ0) is 28.2. The van der Waals surface area contributed by atoms with Crippen molar-refractivity contribution in [3.63, 3.8) is 0 Å². The molecule has 0 atom stereocenters. The van der Waals surface area contributed by atoms with Gasteiger partial charge in [0.25, 0.3) is 5.91 Å². The first-order chi connectivity index (χ1) is 18.6. The van der Waals surface area contributed by atoms with Gasteiger partial charge in [-0.05, 0) is 49.8 Å². The summed E-state index contributed by atoms with van der Waals surface area (Å²) < 4.78 is 43.2. The minimum Gasteiger partial charge on any atom is -0.469 e. The highest BCUT2D eigenvalue weighted by molar-refractivity contribution is 6.30. The quantitative estimate of drug-likeness (QED) is 0.440. The summed E-state index contributed by atoms with van der Waals surface area (Å²) in [6.45, 7) is 3.48. The van der Waals surface area contributed by atoms with Gasteiger partial charge in [-0.15, -0.1) is 0 Å². The smallest absolute Gasteiger partial charge is 0.387 e. The third kappa shape index (κ3) is 6.20. The lowest BCUT2D eigenvalue weighted by Gasteiger charge is -2.45. The Labute approximate surface area is 231 Å².